The zero-order chi connectivity index (χ0) is 10.8. The molecular weight excluding hydrogens is 182 g/mol. The standard InChI is InChI=1S/C14H19N/c1-10-6-7-13(8-11(10)2)12-4-3-5-14(15)9-12/h6-9,14H,3-5,15H2,1-2H3. The highest BCUT2D eigenvalue weighted by Crippen LogP contribution is 2.27. The highest BCUT2D eigenvalue weighted by Gasteiger charge is 2.11. The van der Waals surface area contributed by atoms with Crippen LogP contribution in [0.25, 0.3) is 5.57 Å². The van der Waals surface area contributed by atoms with Gasteiger partial charge in [0, 0.05) is 6.04 Å². The van der Waals surface area contributed by atoms with E-state index in [2.05, 4.69) is 38.1 Å². The van der Waals surface area contributed by atoms with E-state index >= 15 is 0 Å². The molecular formula is C14H19N. The lowest BCUT2D eigenvalue weighted by atomic mass is 9.90. The molecule has 0 heterocycles. The third kappa shape index (κ3) is 2.29. The fourth-order valence-corrected chi connectivity index (χ4v) is 2.14. The van der Waals surface area contributed by atoms with Gasteiger partial charge in [-0.1, -0.05) is 24.3 Å². The smallest absolute Gasteiger partial charge is 0.0229 e. The van der Waals surface area contributed by atoms with Gasteiger partial charge in [-0.25, -0.2) is 0 Å². The lowest BCUT2D eigenvalue weighted by Gasteiger charge is -2.18. The van der Waals surface area contributed by atoms with Gasteiger partial charge in [0.15, 0.2) is 0 Å². The normalized spacial score (nSPS) is 21.3. The van der Waals surface area contributed by atoms with E-state index in [1.165, 1.54) is 35.1 Å². The van der Waals surface area contributed by atoms with Crippen LogP contribution in [0.1, 0.15) is 36.0 Å². The number of allylic oxidation sites excluding steroid dienone is 1. The van der Waals surface area contributed by atoms with Gasteiger partial charge < -0.3 is 5.73 Å². The van der Waals surface area contributed by atoms with Gasteiger partial charge in [-0.2, -0.15) is 0 Å². The molecule has 0 fully saturated rings. The molecule has 0 bridgehead atoms. The van der Waals surface area contributed by atoms with E-state index in [1.807, 2.05) is 0 Å². The van der Waals surface area contributed by atoms with Gasteiger partial charge in [0.25, 0.3) is 0 Å². The Bertz CT molecular complexity index is 390. The van der Waals surface area contributed by atoms with Gasteiger partial charge in [-0.3, -0.25) is 0 Å². The average Bonchev–Trinajstić information content (AvgIpc) is 2.22. The summed E-state index contributed by atoms with van der Waals surface area (Å²) in [5, 5.41) is 0. The summed E-state index contributed by atoms with van der Waals surface area (Å²) in [7, 11) is 0. The summed E-state index contributed by atoms with van der Waals surface area (Å²) in [5.41, 5.74) is 11.5. The molecule has 1 unspecified atom stereocenters. The van der Waals surface area contributed by atoms with Gasteiger partial charge in [0.2, 0.25) is 0 Å². The first-order chi connectivity index (χ1) is 7.16. The number of hydrogen-bond donors (Lipinski definition) is 1. The second-order valence-corrected chi connectivity index (χ2v) is 4.55. The predicted molar refractivity (Wildman–Crippen MR) is 65.7 cm³/mol. The average molecular weight is 201 g/mol. The van der Waals surface area contributed by atoms with Crippen LogP contribution in [-0.2, 0) is 0 Å². The van der Waals surface area contributed by atoms with Crippen molar-refractivity contribution in [1.29, 1.82) is 0 Å². The molecule has 1 nitrogen and oxygen atoms in total. The minimum absolute atomic E-state index is 0.260. The van der Waals surface area contributed by atoms with Gasteiger partial charge in [-0.05, 0) is 55.4 Å². The first kappa shape index (κ1) is 10.4. The van der Waals surface area contributed by atoms with Crippen LogP contribution in [0.3, 0.4) is 0 Å². The van der Waals surface area contributed by atoms with Crippen LogP contribution >= 0.6 is 0 Å². The van der Waals surface area contributed by atoms with Crippen LogP contribution in [0.2, 0.25) is 0 Å². The van der Waals surface area contributed by atoms with Crippen LogP contribution < -0.4 is 5.73 Å². The van der Waals surface area contributed by atoms with E-state index in [0.717, 1.165) is 6.42 Å². The Labute approximate surface area is 92.0 Å². The molecule has 1 aliphatic rings. The fourth-order valence-electron chi connectivity index (χ4n) is 2.14. The second kappa shape index (κ2) is 4.19. The molecule has 1 aromatic rings. The Hall–Kier alpha value is -1.08. The summed E-state index contributed by atoms with van der Waals surface area (Å²) < 4.78 is 0. The Balaban J connectivity index is 2.33. The molecule has 80 valence electrons. The van der Waals surface area contributed by atoms with Gasteiger partial charge in [0.05, 0.1) is 0 Å². The maximum atomic E-state index is 5.95. The van der Waals surface area contributed by atoms with Crippen molar-refractivity contribution in [2.24, 2.45) is 5.73 Å². The van der Waals surface area contributed by atoms with Crippen molar-refractivity contribution in [2.45, 2.75) is 39.2 Å². The van der Waals surface area contributed by atoms with Gasteiger partial charge in [-0.15, -0.1) is 0 Å². The van der Waals surface area contributed by atoms with Crippen LogP contribution in [-0.4, -0.2) is 6.04 Å². The van der Waals surface area contributed by atoms with Crippen molar-refractivity contribution in [3.63, 3.8) is 0 Å². The maximum Gasteiger partial charge on any atom is 0.0229 e. The molecule has 0 saturated heterocycles. The second-order valence-electron chi connectivity index (χ2n) is 4.55. The molecule has 0 aliphatic heterocycles. The molecule has 0 spiro atoms. The monoisotopic (exact) mass is 201 g/mol. The summed E-state index contributed by atoms with van der Waals surface area (Å²) in [6.07, 6.45) is 5.76. The number of benzene rings is 1. The Kier molecular flexibility index (Phi) is 2.92. The van der Waals surface area contributed by atoms with Crippen LogP contribution in [0.4, 0.5) is 0 Å². The quantitative estimate of drug-likeness (QED) is 0.742. The number of rotatable bonds is 1. The molecule has 1 heteroatoms. The molecule has 2 rings (SSSR count). The van der Waals surface area contributed by atoms with Crippen LogP contribution in [0, 0.1) is 13.8 Å². The van der Waals surface area contributed by atoms with E-state index in [9.17, 15) is 0 Å². The molecule has 1 atom stereocenters. The number of aryl methyl sites for hydroxylation is 2. The van der Waals surface area contributed by atoms with Crippen LogP contribution in [0.15, 0.2) is 24.3 Å². The summed E-state index contributed by atoms with van der Waals surface area (Å²) in [4.78, 5) is 0. The van der Waals surface area contributed by atoms with Crippen molar-refractivity contribution in [3.8, 4) is 0 Å². The number of nitrogens with two attached hydrogens (primary N) is 1. The Morgan fingerprint density at radius 3 is 2.67 bits per heavy atom. The van der Waals surface area contributed by atoms with Crippen molar-refractivity contribution in [1.82, 2.24) is 0 Å². The maximum absolute atomic E-state index is 5.95. The Morgan fingerprint density at radius 1 is 1.20 bits per heavy atom. The highest BCUT2D eigenvalue weighted by atomic mass is 14.6. The summed E-state index contributed by atoms with van der Waals surface area (Å²) >= 11 is 0. The van der Waals surface area contributed by atoms with E-state index in [4.69, 9.17) is 5.73 Å². The molecule has 15 heavy (non-hydrogen) atoms. The van der Waals surface area contributed by atoms with Crippen molar-refractivity contribution >= 4 is 5.57 Å². The van der Waals surface area contributed by atoms with E-state index in [1.54, 1.807) is 0 Å². The van der Waals surface area contributed by atoms with Gasteiger partial charge >= 0.3 is 0 Å². The zero-order valence-corrected chi connectivity index (χ0v) is 9.59. The van der Waals surface area contributed by atoms with Crippen LogP contribution in [0.5, 0.6) is 0 Å². The minimum atomic E-state index is 0.260. The van der Waals surface area contributed by atoms with E-state index < -0.39 is 0 Å². The van der Waals surface area contributed by atoms with E-state index in [0.29, 0.717) is 0 Å². The lowest BCUT2D eigenvalue weighted by molar-refractivity contribution is 0.654. The topological polar surface area (TPSA) is 26.0 Å². The SMILES string of the molecule is Cc1ccc(C2=CC(N)CCC2)cc1C. The summed E-state index contributed by atoms with van der Waals surface area (Å²) in [6.45, 7) is 4.32. The molecule has 2 N–H and O–H groups in total. The molecule has 1 aromatic carbocycles. The largest absolute Gasteiger partial charge is 0.324 e. The van der Waals surface area contributed by atoms with E-state index in [-0.39, 0.29) is 6.04 Å². The van der Waals surface area contributed by atoms with Crippen molar-refractivity contribution in [2.75, 3.05) is 0 Å². The van der Waals surface area contributed by atoms with Crippen molar-refractivity contribution < 1.29 is 0 Å². The molecule has 0 radical (unpaired) electrons. The summed E-state index contributed by atoms with van der Waals surface area (Å²) in [6, 6.07) is 6.95. The highest BCUT2D eigenvalue weighted by molar-refractivity contribution is 5.67. The summed E-state index contributed by atoms with van der Waals surface area (Å²) in [5.74, 6) is 0. The molecule has 0 amide bonds. The first-order valence-electron chi connectivity index (χ1n) is 5.71. The lowest BCUT2D eigenvalue weighted by Crippen LogP contribution is -2.20. The molecule has 0 aromatic heterocycles. The predicted octanol–water partition coefficient (Wildman–Crippen LogP) is 3.20. The Morgan fingerprint density at radius 2 is 2.00 bits per heavy atom. The number of hydrogen-bond acceptors (Lipinski definition) is 1. The fraction of sp³-hybridized carbons (Fsp3) is 0.429. The van der Waals surface area contributed by atoms with Gasteiger partial charge in [0.1, 0.15) is 0 Å². The third-order valence-corrected chi connectivity index (χ3v) is 3.28. The first-order valence-corrected chi connectivity index (χ1v) is 5.71. The minimum Gasteiger partial charge on any atom is -0.324 e. The zero-order valence-electron chi connectivity index (χ0n) is 9.59. The molecule has 0 saturated carbocycles. The van der Waals surface area contributed by atoms with Crippen molar-refractivity contribution in [3.05, 3.63) is 41.0 Å². The third-order valence-electron chi connectivity index (χ3n) is 3.28. The molecule has 1 aliphatic carbocycles.